The van der Waals surface area contributed by atoms with E-state index in [1.807, 2.05) is 26.0 Å². The number of hydrogen-bond donors (Lipinski definition) is 1. The molecule has 0 spiro atoms. The molecule has 43 heavy (non-hydrogen) atoms. The Balaban J connectivity index is 1.44. The number of hydrogen-bond acceptors (Lipinski definition) is 8. The first-order valence-electron chi connectivity index (χ1n) is 13.9. The molecular formula is C31H33ClFN5O4S. The van der Waals surface area contributed by atoms with Crippen LogP contribution in [0.1, 0.15) is 45.4 Å². The van der Waals surface area contributed by atoms with E-state index in [-0.39, 0.29) is 12.4 Å². The Hall–Kier alpha value is -3.80. The predicted octanol–water partition coefficient (Wildman–Crippen LogP) is 6.72. The third-order valence-corrected chi connectivity index (χ3v) is 10.3. The standard InChI is InChI=1S/C31H33ClFN5O4S/c1-5-38(43(39,40)20(2)3)21(4)31(12-7-13-42-31)29-16-25-27(17-34-29)35-19-36-30(25)37-24-10-11-28(26(32)15-24)41-18-22-8-6-9-23(33)14-22/h6-11,13-17,19-21H,5,12,18H2,1-4H3,(H,35,36,37). The highest BCUT2D eigenvalue weighted by Gasteiger charge is 2.48. The number of aromatic nitrogens is 3. The molecule has 0 aliphatic carbocycles. The predicted molar refractivity (Wildman–Crippen MR) is 165 cm³/mol. The van der Waals surface area contributed by atoms with Crippen LogP contribution in [0.15, 0.2) is 73.4 Å². The molecule has 12 heteroatoms. The molecule has 2 atom stereocenters. The Labute approximate surface area is 255 Å². The maximum atomic E-state index is 13.5. The summed E-state index contributed by atoms with van der Waals surface area (Å²) in [5, 5.41) is 3.75. The molecule has 226 valence electrons. The van der Waals surface area contributed by atoms with Gasteiger partial charge in [-0.05, 0) is 68.8 Å². The number of fused-ring (bicyclic) bond motifs is 1. The van der Waals surface area contributed by atoms with E-state index in [2.05, 4.69) is 20.3 Å². The zero-order valence-electron chi connectivity index (χ0n) is 24.3. The summed E-state index contributed by atoms with van der Waals surface area (Å²) in [6.45, 7) is 7.47. The van der Waals surface area contributed by atoms with Crippen molar-refractivity contribution in [2.24, 2.45) is 0 Å². The van der Waals surface area contributed by atoms with Gasteiger partial charge in [-0.2, -0.15) is 4.31 Å². The van der Waals surface area contributed by atoms with E-state index in [1.165, 1.54) is 22.8 Å². The number of rotatable bonds is 11. The molecule has 0 fully saturated rings. The number of nitrogens with one attached hydrogen (secondary N) is 1. The highest BCUT2D eigenvalue weighted by atomic mass is 35.5. The Bertz CT molecular complexity index is 1760. The molecule has 0 saturated heterocycles. The summed E-state index contributed by atoms with van der Waals surface area (Å²) in [5.41, 5.74) is 1.46. The fourth-order valence-electron chi connectivity index (χ4n) is 5.18. The van der Waals surface area contributed by atoms with Crippen molar-refractivity contribution in [1.29, 1.82) is 0 Å². The monoisotopic (exact) mass is 625 g/mol. The second-order valence-corrected chi connectivity index (χ2v) is 13.4. The number of likely N-dealkylation sites (N-methyl/N-ethyl adjacent to an activating group) is 1. The summed E-state index contributed by atoms with van der Waals surface area (Å²) in [6, 6.07) is 12.7. The van der Waals surface area contributed by atoms with E-state index in [0.717, 1.165) is 0 Å². The number of sulfonamides is 1. The summed E-state index contributed by atoms with van der Waals surface area (Å²) in [5.74, 6) is 0.629. The van der Waals surface area contributed by atoms with Crippen LogP contribution in [0.3, 0.4) is 0 Å². The van der Waals surface area contributed by atoms with E-state index in [9.17, 15) is 12.8 Å². The largest absolute Gasteiger partial charge is 0.487 e. The quantitative estimate of drug-likeness (QED) is 0.196. The van der Waals surface area contributed by atoms with Gasteiger partial charge in [-0.25, -0.2) is 22.8 Å². The Morgan fingerprint density at radius 1 is 1.14 bits per heavy atom. The number of ether oxygens (including phenoxy) is 2. The van der Waals surface area contributed by atoms with Gasteiger partial charge in [0.05, 0.1) is 40.0 Å². The molecule has 9 nitrogen and oxygen atoms in total. The Kier molecular flexibility index (Phi) is 8.86. The molecular weight excluding hydrogens is 593 g/mol. The van der Waals surface area contributed by atoms with Crippen molar-refractivity contribution >= 4 is 44.0 Å². The van der Waals surface area contributed by atoms with E-state index in [0.29, 0.717) is 57.4 Å². The van der Waals surface area contributed by atoms with Crippen molar-refractivity contribution in [3.63, 3.8) is 0 Å². The molecule has 2 aromatic carbocycles. The summed E-state index contributed by atoms with van der Waals surface area (Å²) in [4.78, 5) is 13.5. The number of pyridine rings is 1. The Morgan fingerprint density at radius 3 is 2.63 bits per heavy atom. The van der Waals surface area contributed by atoms with E-state index in [4.69, 9.17) is 21.1 Å². The van der Waals surface area contributed by atoms with Gasteiger partial charge in [0.1, 0.15) is 30.3 Å². The van der Waals surface area contributed by atoms with Gasteiger partial charge < -0.3 is 14.8 Å². The first-order chi connectivity index (χ1) is 20.5. The van der Waals surface area contributed by atoms with Gasteiger partial charge in [-0.3, -0.25) is 4.98 Å². The van der Waals surface area contributed by atoms with Crippen LogP contribution < -0.4 is 10.1 Å². The number of nitrogens with zero attached hydrogens (tertiary/aromatic N) is 4. The highest BCUT2D eigenvalue weighted by Crippen LogP contribution is 2.41. The number of benzene rings is 2. The molecule has 2 aromatic heterocycles. The van der Waals surface area contributed by atoms with Crippen LogP contribution in [0.25, 0.3) is 10.9 Å². The van der Waals surface area contributed by atoms with Crippen LogP contribution in [0, 0.1) is 5.82 Å². The summed E-state index contributed by atoms with van der Waals surface area (Å²) in [7, 11) is -3.57. The molecule has 1 aliphatic heterocycles. The molecule has 3 heterocycles. The van der Waals surface area contributed by atoms with E-state index in [1.54, 1.807) is 56.6 Å². The minimum absolute atomic E-state index is 0.168. The minimum Gasteiger partial charge on any atom is -0.487 e. The van der Waals surface area contributed by atoms with Gasteiger partial charge in [0.2, 0.25) is 10.0 Å². The third kappa shape index (κ3) is 6.15. The highest BCUT2D eigenvalue weighted by molar-refractivity contribution is 7.89. The molecule has 5 rings (SSSR count). The SMILES string of the molecule is CCN(C(C)C1(c2cc3c(Nc4ccc(OCc5cccc(F)c5)c(Cl)c4)ncnc3cn2)CC=CO1)S(=O)(=O)C(C)C. The molecule has 1 N–H and O–H groups in total. The maximum Gasteiger partial charge on any atom is 0.216 e. The normalized spacial score (nSPS) is 17.4. The zero-order valence-corrected chi connectivity index (χ0v) is 25.9. The fourth-order valence-corrected chi connectivity index (χ4v) is 6.92. The molecule has 4 aromatic rings. The minimum atomic E-state index is -3.57. The smallest absolute Gasteiger partial charge is 0.216 e. The van der Waals surface area contributed by atoms with Crippen LogP contribution in [-0.2, 0) is 27.0 Å². The Morgan fingerprint density at radius 2 is 1.95 bits per heavy atom. The van der Waals surface area contributed by atoms with Crippen LogP contribution in [0.2, 0.25) is 5.02 Å². The lowest BCUT2D eigenvalue weighted by Crippen LogP contribution is -2.53. The van der Waals surface area contributed by atoms with Gasteiger partial charge in [0, 0.05) is 24.0 Å². The lowest BCUT2D eigenvalue weighted by atomic mass is 9.87. The maximum absolute atomic E-state index is 13.5. The van der Waals surface area contributed by atoms with Gasteiger partial charge in [0.15, 0.2) is 5.60 Å². The number of halogens is 2. The van der Waals surface area contributed by atoms with Crippen molar-refractivity contribution in [2.75, 3.05) is 11.9 Å². The average molecular weight is 626 g/mol. The lowest BCUT2D eigenvalue weighted by Gasteiger charge is -2.40. The van der Waals surface area contributed by atoms with E-state index >= 15 is 0 Å². The van der Waals surface area contributed by atoms with E-state index < -0.39 is 26.9 Å². The van der Waals surface area contributed by atoms with Gasteiger partial charge >= 0.3 is 0 Å². The molecule has 0 bridgehead atoms. The molecule has 1 aliphatic rings. The molecule has 0 saturated carbocycles. The lowest BCUT2D eigenvalue weighted by molar-refractivity contribution is -0.0190. The third-order valence-electron chi connectivity index (χ3n) is 7.57. The van der Waals surface area contributed by atoms with Gasteiger partial charge in [-0.15, -0.1) is 0 Å². The molecule has 2 unspecified atom stereocenters. The first kappa shape index (κ1) is 30.7. The van der Waals surface area contributed by atoms with Crippen molar-refractivity contribution < 1.29 is 22.3 Å². The van der Waals surface area contributed by atoms with Crippen LogP contribution in [0.5, 0.6) is 5.75 Å². The van der Waals surface area contributed by atoms with Gasteiger partial charge in [0.25, 0.3) is 0 Å². The fraction of sp³-hybridized carbons (Fsp3) is 0.323. The molecule has 0 amide bonds. The van der Waals surface area contributed by atoms with Crippen molar-refractivity contribution in [2.45, 2.75) is 57.6 Å². The summed E-state index contributed by atoms with van der Waals surface area (Å²) in [6.07, 6.45) is 6.99. The zero-order chi connectivity index (χ0) is 30.8. The summed E-state index contributed by atoms with van der Waals surface area (Å²) < 4.78 is 53.5. The van der Waals surface area contributed by atoms with Crippen LogP contribution in [-0.4, -0.2) is 45.5 Å². The van der Waals surface area contributed by atoms with Gasteiger partial charge in [-0.1, -0.05) is 30.7 Å². The topological polar surface area (TPSA) is 107 Å². The van der Waals surface area contributed by atoms with Crippen molar-refractivity contribution in [3.05, 3.63) is 95.5 Å². The molecule has 0 radical (unpaired) electrons. The van der Waals surface area contributed by atoms with Crippen LogP contribution >= 0.6 is 11.6 Å². The number of anilines is 2. The average Bonchev–Trinajstić information content (AvgIpc) is 3.48. The first-order valence-corrected chi connectivity index (χ1v) is 15.8. The van der Waals surface area contributed by atoms with Crippen molar-refractivity contribution in [1.82, 2.24) is 19.3 Å². The van der Waals surface area contributed by atoms with Crippen molar-refractivity contribution in [3.8, 4) is 5.75 Å². The second kappa shape index (κ2) is 12.4. The second-order valence-electron chi connectivity index (χ2n) is 10.6. The van der Waals surface area contributed by atoms with Crippen LogP contribution in [0.4, 0.5) is 15.9 Å². The summed E-state index contributed by atoms with van der Waals surface area (Å²) >= 11 is 6.52.